The number of imide groups is 1. The minimum absolute atomic E-state index is 0.0737. The summed E-state index contributed by atoms with van der Waals surface area (Å²) in [5.41, 5.74) is -0.0652. The third-order valence-electron chi connectivity index (χ3n) is 5.89. The van der Waals surface area contributed by atoms with Crippen molar-refractivity contribution in [2.45, 2.75) is 57.5 Å². The molecule has 2 aliphatic heterocycles. The minimum atomic E-state index is -0.931. The Morgan fingerprint density at radius 3 is 2.35 bits per heavy atom. The molecule has 2 fully saturated rings. The van der Waals surface area contributed by atoms with Crippen LogP contribution in [-0.2, 0) is 11.2 Å². The van der Waals surface area contributed by atoms with Crippen LogP contribution in [0.3, 0.4) is 0 Å². The fourth-order valence-corrected chi connectivity index (χ4v) is 4.38. The van der Waals surface area contributed by atoms with Crippen LogP contribution < -0.4 is 10.6 Å². The van der Waals surface area contributed by atoms with E-state index in [0.717, 1.165) is 44.3 Å². The topological polar surface area (TPSA) is 61.4 Å². The Hall–Kier alpha value is -1.95. The first-order valence-electron chi connectivity index (χ1n) is 9.62. The van der Waals surface area contributed by atoms with Gasteiger partial charge in [0.15, 0.2) is 0 Å². The first-order valence-corrected chi connectivity index (χ1v) is 9.62. The summed E-state index contributed by atoms with van der Waals surface area (Å²) in [7, 11) is 0. The molecule has 2 heterocycles. The van der Waals surface area contributed by atoms with E-state index in [2.05, 4.69) is 10.6 Å². The van der Waals surface area contributed by atoms with Crippen molar-refractivity contribution in [1.82, 2.24) is 15.5 Å². The second kappa shape index (κ2) is 7.74. The third kappa shape index (κ3) is 3.34. The Morgan fingerprint density at radius 1 is 1.15 bits per heavy atom. The number of hydrogen-bond donors (Lipinski definition) is 2. The maximum Gasteiger partial charge on any atom is 0.325 e. The van der Waals surface area contributed by atoms with Gasteiger partial charge in [-0.15, -0.1) is 0 Å². The Bertz CT molecular complexity index is 654. The van der Waals surface area contributed by atoms with E-state index in [1.807, 2.05) is 13.8 Å². The quantitative estimate of drug-likeness (QED) is 0.766. The number of urea groups is 1. The van der Waals surface area contributed by atoms with Crippen LogP contribution in [0.15, 0.2) is 24.3 Å². The monoisotopic (exact) mass is 361 g/mol. The molecule has 0 radical (unpaired) electrons. The standard InChI is InChI=1S/C20H28FN3O2/c1-3-17(4-2)24-18(25)20(23-19(24)26,15-9-11-22-12-10-15)13-14-5-7-16(21)8-6-14/h5-8,15,17,22H,3-4,9-13H2,1-2H3,(H,23,26)/t20-/m0/s1. The van der Waals surface area contributed by atoms with Crippen molar-refractivity contribution in [3.05, 3.63) is 35.6 Å². The number of piperidine rings is 1. The lowest BCUT2D eigenvalue weighted by molar-refractivity contribution is -0.135. The molecule has 1 aromatic carbocycles. The summed E-state index contributed by atoms with van der Waals surface area (Å²) >= 11 is 0. The lowest BCUT2D eigenvalue weighted by Gasteiger charge is -2.38. The highest BCUT2D eigenvalue weighted by atomic mass is 19.1. The molecule has 2 saturated heterocycles. The molecule has 5 nitrogen and oxygen atoms in total. The van der Waals surface area contributed by atoms with Gasteiger partial charge in [-0.25, -0.2) is 9.18 Å². The van der Waals surface area contributed by atoms with E-state index in [1.54, 1.807) is 12.1 Å². The smallest absolute Gasteiger partial charge is 0.322 e. The van der Waals surface area contributed by atoms with Gasteiger partial charge in [0.1, 0.15) is 11.4 Å². The van der Waals surface area contributed by atoms with Gasteiger partial charge in [-0.3, -0.25) is 9.69 Å². The van der Waals surface area contributed by atoms with Gasteiger partial charge in [0.2, 0.25) is 0 Å². The van der Waals surface area contributed by atoms with Crippen molar-refractivity contribution in [3.8, 4) is 0 Å². The number of nitrogens with one attached hydrogen (secondary N) is 2. The molecule has 3 amide bonds. The molecule has 0 aromatic heterocycles. The van der Waals surface area contributed by atoms with Crippen LogP contribution in [-0.4, -0.2) is 41.5 Å². The summed E-state index contributed by atoms with van der Waals surface area (Å²) in [6, 6.07) is 5.86. The molecule has 2 N–H and O–H groups in total. The Kier molecular flexibility index (Phi) is 5.61. The van der Waals surface area contributed by atoms with Crippen LogP contribution in [0.2, 0.25) is 0 Å². The molecule has 2 aliphatic rings. The predicted octanol–water partition coefficient (Wildman–Crippen LogP) is 2.85. The second-order valence-electron chi connectivity index (χ2n) is 7.37. The van der Waals surface area contributed by atoms with Crippen LogP contribution in [0, 0.1) is 11.7 Å². The van der Waals surface area contributed by atoms with Gasteiger partial charge < -0.3 is 10.6 Å². The van der Waals surface area contributed by atoms with E-state index in [9.17, 15) is 14.0 Å². The van der Waals surface area contributed by atoms with Crippen molar-refractivity contribution in [2.75, 3.05) is 13.1 Å². The molecule has 0 saturated carbocycles. The molecule has 0 bridgehead atoms. The van der Waals surface area contributed by atoms with Crippen molar-refractivity contribution >= 4 is 11.9 Å². The zero-order valence-corrected chi connectivity index (χ0v) is 15.6. The molecule has 26 heavy (non-hydrogen) atoms. The zero-order valence-electron chi connectivity index (χ0n) is 15.6. The van der Waals surface area contributed by atoms with Crippen LogP contribution in [0.1, 0.15) is 45.1 Å². The number of nitrogens with zero attached hydrogens (tertiary/aromatic N) is 1. The molecule has 3 rings (SSSR count). The normalized spacial score (nSPS) is 24.4. The lowest BCUT2D eigenvalue weighted by atomic mass is 9.74. The zero-order chi connectivity index (χ0) is 18.7. The first kappa shape index (κ1) is 18.8. The Labute approximate surface area is 154 Å². The molecule has 0 spiro atoms. The number of carbonyl (C=O) groups is 2. The van der Waals surface area contributed by atoms with E-state index >= 15 is 0 Å². The predicted molar refractivity (Wildman–Crippen MR) is 98.2 cm³/mol. The van der Waals surface area contributed by atoms with Crippen LogP contribution in [0.4, 0.5) is 9.18 Å². The van der Waals surface area contributed by atoms with Gasteiger partial charge >= 0.3 is 6.03 Å². The number of carbonyl (C=O) groups excluding carboxylic acids is 2. The van der Waals surface area contributed by atoms with Crippen LogP contribution in [0.25, 0.3) is 0 Å². The summed E-state index contributed by atoms with van der Waals surface area (Å²) < 4.78 is 13.3. The van der Waals surface area contributed by atoms with Crippen LogP contribution in [0.5, 0.6) is 0 Å². The van der Waals surface area contributed by atoms with Gasteiger partial charge in [-0.05, 0) is 62.4 Å². The Morgan fingerprint density at radius 2 is 1.77 bits per heavy atom. The number of amides is 3. The number of halogens is 1. The minimum Gasteiger partial charge on any atom is -0.322 e. The summed E-state index contributed by atoms with van der Waals surface area (Å²) in [6.07, 6.45) is 3.57. The summed E-state index contributed by atoms with van der Waals surface area (Å²) in [6.45, 7) is 5.67. The summed E-state index contributed by atoms with van der Waals surface area (Å²) in [4.78, 5) is 27.7. The van der Waals surface area contributed by atoms with Crippen molar-refractivity contribution < 1.29 is 14.0 Å². The Balaban J connectivity index is 1.96. The van der Waals surface area contributed by atoms with Crippen LogP contribution >= 0.6 is 0 Å². The van der Waals surface area contributed by atoms with Crippen molar-refractivity contribution in [1.29, 1.82) is 0 Å². The maximum absolute atomic E-state index is 13.5. The molecular formula is C20H28FN3O2. The molecule has 6 heteroatoms. The summed E-state index contributed by atoms with van der Waals surface area (Å²) in [5.74, 6) is -0.345. The lowest BCUT2D eigenvalue weighted by Crippen LogP contribution is -2.57. The fourth-order valence-electron chi connectivity index (χ4n) is 4.38. The highest BCUT2D eigenvalue weighted by molar-refractivity contribution is 6.07. The number of benzene rings is 1. The largest absolute Gasteiger partial charge is 0.325 e. The highest BCUT2D eigenvalue weighted by Crippen LogP contribution is 2.36. The van der Waals surface area contributed by atoms with Gasteiger partial charge in [-0.1, -0.05) is 26.0 Å². The first-order chi connectivity index (χ1) is 12.5. The third-order valence-corrected chi connectivity index (χ3v) is 5.89. The van der Waals surface area contributed by atoms with E-state index in [4.69, 9.17) is 0 Å². The molecule has 142 valence electrons. The van der Waals surface area contributed by atoms with Crippen molar-refractivity contribution in [3.63, 3.8) is 0 Å². The average molecular weight is 361 g/mol. The van der Waals surface area contributed by atoms with E-state index < -0.39 is 5.54 Å². The van der Waals surface area contributed by atoms with Gasteiger partial charge in [0.05, 0.1) is 0 Å². The van der Waals surface area contributed by atoms with Gasteiger partial charge in [0, 0.05) is 12.5 Å². The molecule has 0 unspecified atom stereocenters. The number of rotatable bonds is 6. The number of hydrogen-bond acceptors (Lipinski definition) is 3. The van der Waals surface area contributed by atoms with Gasteiger partial charge in [0.25, 0.3) is 5.91 Å². The SMILES string of the molecule is CCC(CC)N1C(=O)N[C@@](Cc2ccc(F)cc2)(C2CCNCC2)C1=O. The second-order valence-corrected chi connectivity index (χ2v) is 7.37. The summed E-state index contributed by atoms with van der Waals surface area (Å²) in [5, 5.41) is 6.39. The molecule has 0 aliphatic carbocycles. The van der Waals surface area contributed by atoms with E-state index in [1.165, 1.54) is 17.0 Å². The molecular weight excluding hydrogens is 333 g/mol. The van der Waals surface area contributed by atoms with Gasteiger partial charge in [-0.2, -0.15) is 0 Å². The fraction of sp³-hybridized carbons (Fsp3) is 0.600. The van der Waals surface area contributed by atoms with Crippen molar-refractivity contribution in [2.24, 2.45) is 5.92 Å². The van der Waals surface area contributed by atoms with E-state index in [-0.39, 0.29) is 29.7 Å². The average Bonchev–Trinajstić information content (AvgIpc) is 2.91. The maximum atomic E-state index is 13.5. The highest BCUT2D eigenvalue weighted by Gasteiger charge is 2.56. The molecule has 1 aromatic rings. The molecule has 1 atom stereocenters. The van der Waals surface area contributed by atoms with E-state index in [0.29, 0.717) is 6.42 Å².